The maximum atomic E-state index is 13.1. The third kappa shape index (κ3) is 9.87. The largest absolute Gasteiger partial charge is 0.461 e. The van der Waals surface area contributed by atoms with Gasteiger partial charge in [-0.15, -0.1) is 0 Å². The lowest BCUT2D eigenvalue weighted by Crippen LogP contribution is -2.38. The highest BCUT2D eigenvalue weighted by Crippen LogP contribution is 2.31. The van der Waals surface area contributed by atoms with Crippen molar-refractivity contribution in [2.24, 2.45) is 10.8 Å². The van der Waals surface area contributed by atoms with Crippen LogP contribution in [0.1, 0.15) is 98.5 Å². The second-order valence-corrected chi connectivity index (χ2v) is 9.66. The van der Waals surface area contributed by atoms with E-state index in [0.717, 1.165) is 44.1 Å². The third-order valence-electron chi connectivity index (χ3n) is 6.80. The number of benzene rings is 1. The molecule has 0 amide bonds. The number of esters is 2. The fraction of sp³-hybridized carbons (Fsp3) is 0.714. The van der Waals surface area contributed by atoms with Crippen molar-refractivity contribution < 1.29 is 23.8 Å². The number of unbranched alkanes of at least 4 members (excludes halogenated alkanes) is 2. The molecule has 33 heavy (non-hydrogen) atoms. The summed E-state index contributed by atoms with van der Waals surface area (Å²) in [6, 6.07) is 9.85. The minimum Gasteiger partial charge on any atom is -0.461 e. The molecule has 0 N–H and O–H groups in total. The van der Waals surface area contributed by atoms with Crippen LogP contribution in [0.4, 0.5) is 0 Å². The Balaban J connectivity index is 2.83. The van der Waals surface area contributed by atoms with E-state index in [1.54, 1.807) is 0 Å². The van der Waals surface area contributed by atoms with Gasteiger partial charge in [0.2, 0.25) is 0 Å². The van der Waals surface area contributed by atoms with Crippen molar-refractivity contribution in [1.29, 1.82) is 0 Å². The molecule has 188 valence electrons. The average Bonchev–Trinajstić information content (AvgIpc) is 2.84. The van der Waals surface area contributed by atoms with Crippen LogP contribution in [0.5, 0.6) is 0 Å². The van der Waals surface area contributed by atoms with Gasteiger partial charge in [-0.2, -0.15) is 0 Å². The molecule has 0 saturated heterocycles. The molecule has 3 atom stereocenters. The van der Waals surface area contributed by atoms with Crippen molar-refractivity contribution in [2.45, 2.75) is 106 Å². The Morgan fingerprint density at radius 1 is 0.818 bits per heavy atom. The Kier molecular flexibility index (Phi) is 13.3. The molecule has 0 fully saturated rings. The van der Waals surface area contributed by atoms with Crippen LogP contribution in [-0.2, 0) is 30.4 Å². The van der Waals surface area contributed by atoms with Gasteiger partial charge < -0.3 is 14.2 Å². The highest BCUT2D eigenvalue weighted by atomic mass is 16.6. The van der Waals surface area contributed by atoms with Crippen LogP contribution in [0.2, 0.25) is 0 Å². The van der Waals surface area contributed by atoms with Gasteiger partial charge >= 0.3 is 11.9 Å². The van der Waals surface area contributed by atoms with E-state index in [2.05, 4.69) is 13.8 Å². The number of rotatable bonds is 17. The zero-order valence-corrected chi connectivity index (χ0v) is 21.8. The first-order valence-corrected chi connectivity index (χ1v) is 12.7. The standard InChI is InChI=1S/C28H46O5/c1-7-11-18-27(5,9-3)25(29)32-22-24(21-31-20-23-16-14-13-15-17-23)33-26(30)28(6,10-4)19-12-8-2/h13-17,24H,7-12,18-22H2,1-6H3. The lowest BCUT2D eigenvalue weighted by Gasteiger charge is -2.30. The van der Waals surface area contributed by atoms with Gasteiger partial charge in [-0.25, -0.2) is 0 Å². The third-order valence-corrected chi connectivity index (χ3v) is 6.80. The summed E-state index contributed by atoms with van der Waals surface area (Å²) >= 11 is 0. The van der Waals surface area contributed by atoms with Crippen LogP contribution in [0.25, 0.3) is 0 Å². The monoisotopic (exact) mass is 462 g/mol. The second kappa shape index (κ2) is 15.1. The molecule has 3 unspecified atom stereocenters. The maximum Gasteiger partial charge on any atom is 0.312 e. The van der Waals surface area contributed by atoms with Crippen molar-refractivity contribution in [3.8, 4) is 0 Å². The number of ether oxygens (including phenoxy) is 3. The molecule has 5 heteroatoms. The molecular weight excluding hydrogens is 416 g/mol. The van der Waals surface area contributed by atoms with Gasteiger partial charge in [0, 0.05) is 0 Å². The lowest BCUT2D eigenvalue weighted by molar-refractivity contribution is -0.175. The zero-order chi connectivity index (χ0) is 24.7. The first-order chi connectivity index (χ1) is 15.7. The van der Waals surface area contributed by atoms with E-state index < -0.39 is 16.9 Å². The fourth-order valence-electron chi connectivity index (χ4n) is 3.62. The van der Waals surface area contributed by atoms with Crippen molar-refractivity contribution in [3.63, 3.8) is 0 Å². The van der Waals surface area contributed by atoms with Crippen LogP contribution in [0.15, 0.2) is 30.3 Å². The molecule has 0 aliphatic carbocycles. The second-order valence-electron chi connectivity index (χ2n) is 9.66. The highest BCUT2D eigenvalue weighted by Gasteiger charge is 2.36. The van der Waals surface area contributed by atoms with Gasteiger partial charge in [0.05, 0.1) is 24.0 Å². The molecule has 1 aromatic carbocycles. The summed E-state index contributed by atoms with van der Waals surface area (Å²) in [5, 5.41) is 0. The average molecular weight is 463 g/mol. The summed E-state index contributed by atoms with van der Waals surface area (Å²) in [6.45, 7) is 12.8. The van der Waals surface area contributed by atoms with E-state index in [0.29, 0.717) is 19.4 Å². The Bertz CT molecular complexity index is 689. The van der Waals surface area contributed by atoms with E-state index >= 15 is 0 Å². The van der Waals surface area contributed by atoms with Crippen LogP contribution < -0.4 is 0 Å². The number of hydrogen-bond donors (Lipinski definition) is 0. The summed E-state index contributed by atoms with van der Waals surface area (Å²) in [5.41, 5.74) is -0.0234. The van der Waals surface area contributed by atoms with Crippen LogP contribution in [0, 0.1) is 10.8 Å². The van der Waals surface area contributed by atoms with Gasteiger partial charge in [0.25, 0.3) is 0 Å². The molecule has 0 aliphatic heterocycles. The molecule has 5 nitrogen and oxygen atoms in total. The molecule has 1 rings (SSSR count). The topological polar surface area (TPSA) is 61.8 Å². The Morgan fingerprint density at radius 2 is 1.36 bits per heavy atom. The number of carbonyl (C=O) groups is 2. The molecule has 0 saturated carbocycles. The molecule has 0 aliphatic rings. The molecule has 1 aromatic rings. The summed E-state index contributed by atoms with van der Waals surface area (Å²) in [5.74, 6) is -0.473. The molecule has 0 aromatic heterocycles. The van der Waals surface area contributed by atoms with Crippen molar-refractivity contribution in [1.82, 2.24) is 0 Å². The molecule has 0 spiro atoms. The van der Waals surface area contributed by atoms with Crippen LogP contribution in [-0.4, -0.2) is 31.3 Å². The van der Waals surface area contributed by atoms with Gasteiger partial charge in [-0.05, 0) is 45.1 Å². The van der Waals surface area contributed by atoms with E-state index in [1.165, 1.54) is 0 Å². The highest BCUT2D eigenvalue weighted by molar-refractivity contribution is 5.77. The summed E-state index contributed by atoms with van der Waals surface area (Å²) < 4.78 is 17.4. The summed E-state index contributed by atoms with van der Waals surface area (Å²) in [4.78, 5) is 25.9. The minimum atomic E-state index is -0.634. The van der Waals surface area contributed by atoms with E-state index in [9.17, 15) is 9.59 Å². The fourth-order valence-corrected chi connectivity index (χ4v) is 3.62. The Hall–Kier alpha value is -1.88. The maximum absolute atomic E-state index is 13.1. The first-order valence-electron chi connectivity index (χ1n) is 12.7. The van der Waals surface area contributed by atoms with Gasteiger partial charge in [-0.3, -0.25) is 9.59 Å². The lowest BCUT2D eigenvalue weighted by atomic mass is 9.82. The number of carbonyl (C=O) groups excluding carboxylic acids is 2. The van der Waals surface area contributed by atoms with Gasteiger partial charge in [0.1, 0.15) is 6.61 Å². The van der Waals surface area contributed by atoms with E-state index in [-0.39, 0.29) is 25.2 Å². The molecule has 0 radical (unpaired) electrons. The van der Waals surface area contributed by atoms with Crippen molar-refractivity contribution >= 4 is 11.9 Å². The van der Waals surface area contributed by atoms with E-state index in [4.69, 9.17) is 14.2 Å². The SMILES string of the molecule is CCCCC(C)(CC)C(=O)OCC(COCc1ccccc1)OC(=O)C(C)(CC)CCCC. The van der Waals surface area contributed by atoms with E-state index in [1.807, 2.05) is 58.0 Å². The quantitative estimate of drug-likeness (QED) is 0.236. The van der Waals surface area contributed by atoms with Gasteiger partial charge in [0.15, 0.2) is 6.10 Å². The summed E-state index contributed by atoms with van der Waals surface area (Å²) in [7, 11) is 0. The van der Waals surface area contributed by atoms with Crippen LogP contribution in [0.3, 0.4) is 0 Å². The first kappa shape index (κ1) is 29.2. The zero-order valence-electron chi connectivity index (χ0n) is 21.8. The molecule has 0 heterocycles. The summed E-state index contributed by atoms with van der Waals surface area (Å²) in [6.07, 6.45) is 6.35. The molecular formula is C28H46O5. The molecule has 0 bridgehead atoms. The van der Waals surface area contributed by atoms with Gasteiger partial charge in [-0.1, -0.05) is 83.7 Å². The van der Waals surface area contributed by atoms with Crippen LogP contribution >= 0.6 is 0 Å². The Labute approximate surface area is 201 Å². The van der Waals surface area contributed by atoms with Crippen molar-refractivity contribution in [3.05, 3.63) is 35.9 Å². The van der Waals surface area contributed by atoms with Crippen molar-refractivity contribution in [2.75, 3.05) is 13.2 Å². The normalized spacial score (nSPS) is 15.8. The predicted octanol–water partition coefficient (Wildman–Crippen LogP) is 6.87. The Morgan fingerprint density at radius 3 is 1.88 bits per heavy atom. The number of hydrogen-bond acceptors (Lipinski definition) is 5. The smallest absolute Gasteiger partial charge is 0.312 e. The predicted molar refractivity (Wildman–Crippen MR) is 133 cm³/mol. The minimum absolute atomic E-state index is 0.00858.